The predicted octanol–water partition coefficient (Wildman–Crippen LogP) is 6.68. The molecule has 0 bridgehead atoms. The SMILES string of the molecule is CCOC(=O)NC1CCc2ccc(OCCCS(=O)(=O)c3ccc(Cl)s3)cc2C1Cc1cccc(Cl)c1. The topological polar surface area (TPSA) is 81.7 Å². The van der Waals surface area contributed by atoms with E-state index in [1.165, 1.54) is 11.6 Å². The molecule has 1 aliphatic rings. The van der Waals surface area contributed by atoms with E-state index in [-0.39, 0.29) is 28.5 Å². The van der Waals surface area contributed by atoms with Crippen molar-refractivity contribution < 1.29 is 22.7 Å². The fourth-order valence-electron chi connectivity index (χ4n) is 4.64. The van der Waals surface area contributed by atoms with E-state index in [1.54, 1.807) is 13.0 Å². The van der Waals surface area contributed by atoms with Crippen molar-refractivity contribution in [3.63, 3.8) is 0 Å². The summed E-state index contributed by atoms with van der Waals surface area (Å²) in [4.78, 5) is 12.3. The zero-order valence-electron chi connectivity index (χ0n) is 20.4. The highest BCUT2D eigenvalue weighted by atomic mass is 35.5. The van der Waals surface area contributed by atoms with Crippen LogP contribution in [-0.4, -0.2) is 39.5 Å². The summed E-state index contributed by atoms with van der Waals surface area (Å²) in [5.41, 5.74) is 3.39. The minimum Gasteiger partial charge on any atom is -0.494 e. The van der Waals surface area contributed by atoms with Gasteiger partial charge in [0.05, 0.1) is 23.3 Å². The Hall–Kier alpha value is -2.26. The number of fused-ring (bicyclic) bond motifs is 1. The Bertz CT molecular complexity index is 1340. The van der Waals surface area contributed by atoms with Gasteiger partial charge in [-0.2, -0.15) is 0 Å². The van der Waals surface area contributed by atoms with Crippen molar-refractivity contribution in [3.05, 3.63) is 80.6 Å². The van der Waals surface area contributed by atoms with Gasteiger partial charge in [0.1, 0.15) is 9.96 Å². The van der Waals surface area contributed by atoms with Crippen LogP contribution in [0, 0.1) is 0 Å². The van der Waals surface area contributed by atoms with E-state index in [0.29, 0.717) is 34.6 Å². The van der Waals surface area contributed by atoms with Gasteiger partial charge < -0.3 is 14.8 Å². The molecule has 37 heavy (non-hydrogen) atoms. The second kappa shape index (κ2) is 12.5. The number of benzene rings is 2. The van der Waals surface area contributed by atoms with Crippen LogP contribution in [-0.2, 0) is 27.4 Å². The van der Waals surface area contributed by atoms with Gasteiger partial charge in [-0.25, -0.2) is 13.2 Å². The molecule has 1 amide bonds. The van der Waals surface area contributed by atoms with Crippen molar-refractivity contribution in [2.45, 2.75) is 48.8 Å². The largest absolute Gasteiger partial charge is 0.494 e. The fourth-order valence-corrected chi connectivity index (χ4v) is 7.76. The number of hydrogen-bond donors (Lipinski definition) is 1. The lowest BCUT2D eigenvalue weighted by molar-refractivity contribution is 0.144. The highest BCUT2D eigenvalue weighted by molar-refractivity contribution is 7.93. The van der Waals surface area contributed by atoms with Gasteiger partial charge in [0.15, 0.2) is 9.84 Å². The van der Waals surface area contributed by atoms with Gasteiger partial charge in [-0.1, -0.05) is 41.4 Å². The Morgan fingerprint density at radius 1 is 1.14 bits per heavy atom. The summed E-state index contributed by atoms with van der Waals surface area (Å²) in [5, 5.41) is 3.71. The molecule has 4 rings (SSSR count). The highest BCUT2D eigenvalue weighted by Crippen LogP contribution is 2.37. The van der Waals surface area contributed by atoms with E-state index in [2.05, 4.69) is 11.4 Å². The number of hydrogen-bond acceptors (Lipinski definition) is 6. The van der Waals surface area contributed by atoms with Crippen LogP contribution in [0.2, 0.25) is 9.36 Å². The molecule has 0 fully saturated rings. The average molecular weight is 583 g/mol. The molecule has 1 aromatic heterocycles. The molecule has 0 saturated carbocycles. The van der Waals surface area contributed by atoms with Crippen LogP contribution in [0.3, 0.4) is 0 Å². The Balaban J connectivity index is 1.48. The van der Waals surface area contributed by atoms with Gasteiger partial charge in [-0.05, 0) is 85.7 Å². The average Bonchev–Trinajstić information content (AvgIpc) is 3.31. The third-order valence-electron chi connectivity index (χ3n) is 6.33. The maximum absolute atomic E-state index is 12.5. The Kier molecular flexibility index (Phi) is 9.40. The summed E-state index contributed by atoms with van der Waals surface area (Å²) in [6, 6.07) is 16.7. The standard InChI is InChI=1S/C27H29Cl2NO5S2/c1-2-34-27(31)30-24-10-8-19-7-9-21(17-22(19)23(24)16-18-5-3-6-20(28)15-18)35-13-4-14-37(32,33)26-12-11-25(29)36-26/h3,5-7,9,11-12,15,17,23-24H,2,4,8,10,13-14,16H2,1H3,(H,30,31). The van der Waals surface area contributed by atoms with Crippen molar-refractivity contribution in [1.82, 2.24) is 5.32 Å². The van der Waals surface area contributed by atoms with E-state index in [1.807, 2.05) is 36.4 Å². The van der Waals surface area contributed by atoms with Crippen molar-refractivity contribution >= 4 is 50.5 Å². The van der Waals surface area contributed by atoms with E-state index in [0.717, 1.165) is 35.3 Å². The Morgan fingerprint density at radius 2 is 1.97 bits per heavy atom. The van der Waals surface area contributed by atoms with E-state index < -0.39 is 15.9 Å². The fraction of sp³-hybridized carbons (Fsp3) is 0.370. The number of sulfone groups is 1. The summed E-state index contributed by atoms with van der Waals surface area (Å²) < 4.78 is 36.8. The predicted molar refractivity (Wildman–Crippen MR) is 148 cm³/mol. The number of ether oxygens (including phenoxy) is 2. The number of carbonyl (C=O) groups is 1. The van der Waals surface area contributed by atoms with E-state index in [4.69, 9.17) is 32.7 Å². The maximum Gasteiger partial charge on any atom is 0.407 e. The van der Waals surface area contributed by atoms with Crippen LogP contribution in [0.4, 0.5) is 4.79 Å². The number of alkyl carbamates (subject to hydrolysis) is 1. The molecule has 1 heterocycles. The monoisotopic (exact) mass is 581 g/mol. The number of nitrogens with one attached hydrogen (secondary N) is 1. The second-order valence-electron chi connectivity index (χ2n) is 8.89. The number of thiophene rings is 1. The molecule has 2 unspecified atom stereocenters. The van der Waals surface area contributed by atoms with Crippen LogP contribution in [0.25, 0.3) is 0 Å². The summed E-state index contributed by atoms with van der Waals surface area (Å²) in [6.07, 6.45) is 2.24. The van der Waals surface area contributed by atoms with Gasteiger partial charge in [0, 0.05) is 17.0 Å². The molecule has 0 saturated heterocycles. The molecular weight excluding hydrogens is 553 g/mol. The van der Waals surface area contributed by atoms with Crippen LogP contribution < -0.4 is 10.1 Å². The van der Waals surface area contributed by atoms with Crippen molar-refractivity contribution in [3.8, 4) is 5.75 Å². The molecule has 0 radical (unpaired) electrons. The molecular formula is C27H29Cl2NO5S2. The normalized spacial score (nSPS) is 17.2. The molecule has 10 heteroatoms. The third-order valence-corrected chi connectivity index (χ3v) is 10.2. The van der Waals surface area contributed by atoms with Crippen LogP contribution >= 0.6 is 34.5 Å². The van der Waals surface area contributed by atoms with Crippen molar-refractivity contribution in [2.75, 3.05) is 19.0 Å². The number of amides is 1. The number of rotatable bonds is 10. The first-order valence-corrected chi connectivity index (χ1v) is 15.4. The number of halogens is 2. The molecule has 3 aromatic rings. The molecule has 6 nitrogen and oxygen atoms in total. The molecule has 0 spiro atoms. The molecule has 1 N–H and O–H groups in total. The zero-order chi connectivity index (χ0) is 26.4. The first-order valence-electron chi connectivity index (χ1n) is 12.2. The molecule has 198 valence electrons. The van der Waals surface area contributed by atoms with E-state index in [9.17, 15) is 13.2 Å². The maximum atomic E-state index is 12.5. The summed E-state index contributed by atoms with van der Waals surface area (Å²) >= 11 is 13.2. The molecule has 2 aromatic carbocycles. The van der Waals surface area contributed by atoms with Crippen LogP contribution in [0.5, 0.6) is 5.75 Å². The Morgan fingerprint density at radius 3 is 2.70 bits per heavy atom. The summed E-state index contributed by atoms with van der Waals surface area (Å²) in [7, 11) is -3.39. The third kappa shape index (κ3) is 7.41. The highest BCUT2D eigenvalue weighted by Gasteiger charge is 2.31. The van der Waals surface area contributed by atoms with Gasteiger partial charge >= 0.3 is 6.09 Å². The van der Waals surface area contributed by atoms with Gasteiger partial charge in [0.2, 0.25) is 0 Å². The minimum absolute atomic E-state index is 0.000808. The number of aryl methyl sites for hydroxylation is 1. The molecule has 1 aliphatic carbocycles. The first kappa shape index (κ1) is 27.8. The first-order chi connectivity index (χ1) is 17.7. The summed E-state index contributed by atoms with van der Waals surface area (Å²) in [5.74, 6) is 0.653. The van der Waals surface area contributed by atoms with Crippen molar-refractivity contribution in [2.24, 2.45) is 0 Å². The van der Waals surface area contributed by atoms with Gasteiger partial charge in [-0.3, -0.25) is 0 Å². The lowest BCUT2D eigenvalue weighted by Crippen LogP contribution is -2.43. The van der Waals surface area contributed by atoms with Gasteiger partial charge in [-0.15, -0.1) is 11.3 Å². The lowest BCUT2D eigenvalue weighted by atomic mass is 9.76. The minimum atomic E-state index is -3.39. The smallest absolute Gasteiger partial charge is 0.407 e. The molecule has 2 atom stereocenters. The summed E-state index contributed by atoms with van der Waals surface area (Å²) in [6.45, 7) is 2.35. The van der Waals surface area contributed by atoms with E-state index >= 15 is 0 Å². The number of carbonyl (C=O) groups excluding carboxylic acids is 1. The van der Waals surface area contributed by atoms with Crippen molar-refractivity contribution in [1.29, 1.82) is 0 Å². The second-order valence-corrected chi connectivity index (χ2v) is 13.4. The van der Waals surface area contributed by atoms with Crippen LogP contribution in [0.15, 0.2) is 58.8 Å². The lowest BCUT2D eigenvalue weighted by Gasteiger charge is -2.34. The van der Waals surface area contributed by atoms with Gasteiger partial charge in [0.25, 0.3) is 0 Å². The zero-order valence-corrected chi connectivity index (χ0v) is 23.6. The Labute approximate surface area is 231 Å². The molecule has 0 aliphatic heterocycles. The quantitative estimate of drug-likeness (QED) is 0.270. The van der Waals surface area contributed by atoms with Crippen LogP contribution in [0.1, 0.15) is 42.4 Å².